The number of rotatable bonds is 2. The zero-order valence-electron chi connectivity index (χ0n) is 20.9. The van der Waals surface area contributed by atoms with Crippen LogP contribution in [0.5, 0.6) is 0 Å². The maximum absolute atomic E-state index is 2.53. The average Bonchev–Trinajstić information content (AvgIpc) is 2.81. The average molecular weight is 427 g/mol. The molecule has 31 heavy (non-hydrogen) atoms. The van der Waals surface area contributed by atoms with Gasteiger partial charge in [0.05, 0.1) is 0 Å². The van der Waals surface area contributed by atoms with E-state index < -0.39 is 0 Å². The molecule has 0 saturated carbocycles. The lowest BCUT2D eigenvalue weighted by Gasteiger charge is -2.34. The highest BCUT2D eigenvalue weighted by Crippen LogP contribution is 2.28. The minimum absolute atomic E-state index is 0. The lowest BCUT2D eigenvalue weighted by molar-refractivity contribution is 0.203. The number of benzene rings is 2. The van der Waals surface area contributed by atoms with Gasteiger partial charge in [0.25, 0.3) is 0 Å². The topological polar surface area (TPSA) is 6.48 Å². The van der Waals surface area contributed by atoms with Crippen molar-refractivity contribution in [2.24, 2.45) is 0 Å². The summed E-state index contributed by atoms with van der Waals surface area (Å²) in [5, 5.41) is 0. The van der Waals surface area contributed by atoms with Crippen LogP contribution in [0.25, 0.3) is 0 Å². The Balaban J connectivity index is 0.000000487. The van der Waals surface area contributed by atoms with Crippen LogP contribution in [0.1, 0.15) is 85.9 Å². The zero-order valence-corrected chi connectivity index (χ0v) is 20.9. The van der Waals surface area contributed by atoms with Gasteiger partial charge in [0.1, 0.15) is 0 Å². The smallest absolute Gasteiger partial charge is 0.0401 e. The van der Waals surface area contributed by atoms with Gasteiger partial charge in [-0.3, -0.25) is 4.90 Å². The van der Waals surface area contributed by atoms with E-state index in [0.717, 1.165) is 6.54 Å². The SMILES string of the molecule is C.CC.CC.CC(C)N1CCCc2ccccc21.CC(C)N1CCc2ccccc2C1. The molecule has 0 N–H and O–H groups in total. The van der Waals surface area contributed by atoms with Gasteiger partial charge in [0, 0.05) is 37.4 Å². The summed E-state index contributed by atoms with van der Waals surface area (Å²) in [5.74, 6) is 0. The quantitative estimate of drug-likeness (QED) is 0.480. The second kappa shape index (κ2) is 15.9. The molecule has 0 atom stereocenters. The fourth-order valence-electron chi connectivity index (χ4n) is 4.06. The highest BCUT2D eigenvalue weighted by atomic mass is 15.2. The Kier molecular flexibility index (Phi) is 15.0. The zero-order chi connectivity index (χ0) is 22.5. The molecule has 0 radical (unpaired) electrons. The predicted octanol–water partition coefficient (Wildman–Crippen LogP) is 7.99. The van der Waals surface area contributed by atoms with Crippen LogP contribution in [0.3, 0.4) is 0 Å². The predicted molar refractivity (Wildman–Crippen MR) is 142 cm³/mol. The molecule has 0 saturated heterocycles. The third kappa shape index (κ3) is 8.69. The number of aryl methyl sites for hydroxylation is 1. The molecule has 0 amide bonds. The van der Waals surface area contributed by atoms with Crippen LogP contribution in [0.15, 0.2) is 48.5 Å². The van der Waals surface area contributed by atoms with Crippen LogP contribution in [0, 0.1) is 0 Å². The van der Waals surface area contributed by atoms with Gasteiger partial charge in [-0.1, -0.05) is 77.6 Å². The Labute approximate surface area is 194 Å². The molecule has 0 aliphatic carbocycles. The summed E-state index contributed by atoms with van der Waals surface area (Å²) in [6.45, 7) is 20.6. The van der Waals surface area contributed by atoms with Crippen LogP contribution >= 0.6 is 0 Å². The Morgan fingerprint density at radius 1 is 0.645 bits per heavy atom. The third-order valence-electron chi connectivity index (χ3n) is 5.66. The van der Waals surface area contributed by atoms with Gasteiger partial charge in [0.2, 0.25) is 0 Å². The van der Waals surface area contributed by atoms with E-state index in [2.05, 4.69) is 86.0 Å². The van der Waals surface area contributed by atoms with Crippen molar-refractivity contribution in [3.8, 4) is 0 Å². The molecule has 2 aromatic rings. The number of para-hydroxylation sites is 1. The van der Waals surface area contributed by atoms with E-state index in [0.29, 0.717) is 12.1 Å². The molecule has 0 fully saturated rings. The van der Waals surface area contributed by atoms with E-state index in [4.69, 9.17) is 0 Å². The molecule has 176 valence electrons. The normalized spacial score (nSPS) is 14.5. The van der Waals surface area contributed by atoms with E-state index in [-0.39, 0.29) is 7.43 Å². The maximum Gasteiger partial charge on any atom is 0.0401 e. The summed E-state index contributed by atoms with van der Waals surface area (Å²) in [7, 11) is 0. The molecular weight excluding hydrogens is 376 g/mol. The first-order valence-corrected chi connectivity index (χ1v) is 12.2. The fraction of sp³-hybridized carbons (Fsp3) is 0.586. The van der Waals surface area contributed by atoms with Crippen LogP contribution in [-0.2, 0) is 19.4 Å². The summed E-state index contributed by atoms with van der Waals surface area (Å²) in [4.78, 5) is 5.03. The van der Waals surface area contributed by atoms with E-state index in [1.807, 2.05) is 27.7 Å². The summed E-state index contributed by atoms with van der Waals surface area (Å²) in [5.41, 5.74) is 6.02. The molecule has 0 bridgehead atoms. The van der Waals surface area contributed by atoms with Crippen molar-refractivity contribution in [3.05, 3.63) is 65.2 Å². The van der Waals surface area contributed by atoms with Gasteiger partial charge in [0.15, 0.2) is 0 Å². The Morgan fingerprint density at radius 2 is 1.19 bits per heavy atom. The van der Waals surface area contributed by atoms with E-state index in [9.17, 15) is 0 Å². The van der Waals surface area contributed by atoms with Crippen LogP contribution in [0.2, 0.25) is 0 Å². The Morgan fingerprint density at radius 3 is 1.77 bits per heavy atom. The molecule has 2 heterocycles. The van der Waals surface area contributed by atoms with Crippen molar-refractivity contribution in [3.63, 3.8) is 0 Å². The number of hydrogen-bond donors (Lipinski definition) is 0. The van der Waals surface area contributed by atoms with Gasteiger partial charge < -0.3 is 4.90 Å². The Hall–Kier alpha value is -1.80. The van der Waals surface area contributed by atoms with Crippen LogP contribution in [-0.4, -0.2) is 30.1 Å². The van der Waals surface area contributed by atoms with Gasteiger partial charge in [-0.25, -0.2) is 0 Å². The number of hydrogen-bond acceptors (Lipinski definition) is 2. The lowest BCUT2D eigenvalue weighted by Crippen LogP contribution is -2.35. The van der Waals surface area contributed by atoms with Crippen molar-refractivity contribution in [1.29, 1.82) is 0 Å². The standard InChI is InChI=1S/2C12H17N.2C2H6.CH4/c1-10(2)13-9-5-7-11-6-3-4-8-12(11)13;1-10(2)13-8-7-11-5-3-4-6-12(11)9-13;2*1-2;/h3-4,6,8,10H,5,7,9H2,1-2H3;3-6,10H,7-9H2,1-2H3;2*1-2H3;1H4. The van der Waals surface area contributed by atoms with Crippen molar-refractivity contribution in [1.82, 2.24) is 4.90 Å². The first kappa shape index (κ1) is 29.2. The van der Waals surface area contributed by atoms with Gasteiger partial charge in [-0.05, 0) is 69.7 Å². The molecule has 0 aromatic heterocycles. The highest BCUT2D eigenvalue weighted by Gasteiger charge is 2.18. The molecule has 2 heteroatoms. The third-order valence-corrected chi connectivity index (χ3v) is 5.66. The van der Waals surface area contributed by atoms with Gasteiger partial charge in [-0.15, -0.1) is 0 Å². The van der Waals surface area contributed by atoms with E-state index >= 15 is 0 Å². The minimum atomic E-state index is 0. The molecular formula is C29H50N2. The number of fused-ring (bicyclic) bond motifs is 2. The minimum Gasteiger partial charge on any atom is -0.369 e. The van der Waals surface area contributed by atoms with E-state index in [1.165, 1.54) is 49.2 Å². The molecule has 0 unspecified atom stereocenters. The van der Waals surface area contributed by atoms with Crippen molar-refractivity contribution in [2.75, 3.05) is 18.0 Å². The first-order valence-electron chi connectivity index (χ1n) is 12.2. The molecule has 0 spiro atoms. The summed E-state index contributed by atoms with van der Waals surface area (Å²) in [6.07, 6.45) is 3.77. The lowest BCUT2D eigenvalue weighted by atomic mass is 9.99. The second-order valence-corrected chi connectivity index (χ2v) is 8.10. The van der Waals surface area contributed by atoms with Crippen molar-refractivity contribution >= 4 is 5.69 Å². The van der Waals surface area contributed by atoms with E-state index in [1.54, 1.807) is 5.56 Å². The highest BCUT2D eigenvalue weighted by molar-refractivity contribution is 5.55. The van der Waals surface area contributed by atoms with Gasteiger partial charge >= 0.3 is 0 Å². The Bertz CT molecular complexity index is 705. The number of nitrogens with zero attached hydrogens (tertiary/aromatic N) is 2. The van der Waals surface area contributed by atoms with Crippen LogP contribution in [0.4, 0.5) is 5.69 Å². The molecule has 2 aliphatic rings. The monoisotopic (exact) mass is 426 g/mol. The van der Waals surface area contributed by atoms with Crippen molar-refractivity contribution < 1.29 is 0 Å². The van der Waals surface area contributed by atoms with Gasteiger partial charge in [-0.2, -0.15) is 0 Å². The molecule has 2 aromatic carbocycles. The summed E-state index contributed by atoms with van der Waals surface area (Å²) < 4.78 is 0. The fourth-order valence-corrected chi connectivity index (χ4v) is 4.06. The van der Waals surface area contributed by atoms with Crippen LogP contribution < -0.4 is 4.90 Å². The maximum atomic E-state index is 2.53. The summed E-state index contributed by atoms with van der Waals surface area (Å²) >= 11 is 0. The second-order valence-electron chi connectivity index (χ2n) is 8.10. The first-order chi connectivity index (χ1) is 14.6. The number of anilines is 1. The molecule has 4 rings (SSSR count). The largest absolute Gasteiger partial charge is 0.369 e. The molecule has 2 aliphatic heterocycles. The summed E-state index contributed by atoms with van der Waals surface area (Å²) in [6, 6.07) is 18.9. The molecule has 2 nitrogen and oxygen atoms in total. The van der Waals surface area contributed by atoms with Crippen molar-refractivity contribution in [2.45, 2.75) is 101 Å².